The maximum Gasteiger partial charge on any atom is 0.339 e. The van der Waals surface area contributed by atoms with Crippen LogP contribution in [0.25, 0.3) is 0 Å². The Hall–Kier alpha value is -3.24. The van der Waals surface area contributed by atoms with Crippen molar-refractivity contribution in [2.24, 2.45) is 11.8 Å². The number of halogens is 1. The number of hydrogen-bond acceptors (Lipinski definition) is 9. The van der Waals surface area contributed by atoms with Gasteiger partial charge in [0.15, 0.2) is 5.60 Å². The molecule has 3 heterocycles. The highest BCUT2D eigenvalue weighted by Gasteiger charge is 2.72. The highest BCUT2D eigenvalue weighted by atomic mass is 35.5. The second-order valence-corrected chi connectivity index (χ2v) is 7.92. The van der Waals surface area contributed by atoms with E-state index in [1.54, 1.807) is 6.08 Å². The Bertz CT molecular complexity index is 1070. The fourth-order valence-electron chi connectivity index (χ4n) is 4.39. The highest BCUT2D eigenvalue weighted by Crippen LogP contribution is 2.54. The van der Waals surface area contributed by atoms with E-state index in [1.165, 1.54) is 31.4 Å². The van der Waals surface area contributed by atoms with Gasteiger partial charge in [0.05, 0.1) is 41.3 Å². The van der Waals surface area contributed by atoms with Gasteiger partial charge in [-0.3, -0.25) is 19.2 Å². The average Bonchev–Trinajstić information content (AvgIpc) is 3.38. The summed E-state index contributed by atoms with van der Waals surface area (Å²) in [5, 5.41) is 0.0891. The van der Waals surface area contributed by atoms with E-state index in [0.717, 1.165) is 18.7 Å². The van der Waals surface area contributed by atoms with Crippen LogP contribution in [0.1, 0.15) is 24.2 Å². The maximum atomic E-state index is 13.5. The molecule has 2 bridgehead atoms. The van der Waals surface area contributed by atoms with Gasteiger partial charge in [-0.1, -0.05) is 17.7 Å². The Morgan fingerprint density at radius 1 is 1.12 bits per heavy atom. The van der Waals surface area contributed by atoms with E-state index in [4.69, 9.17) is 25.8 Å². The first-order chi connectivity index (χ1) is 15.1. The third kappa shape index (κ3) is 3.18. The number of nitrogens with zero attached hydrogens (tertiary/aromatic N) is 1. The van der Waals surface area contributed by atoms with E-state index in [-0.39, 0.29) is 16.3 Å². The topological polar surface area (TPSA) is 126 Å². The fraction of sp³-hybridized carbons (Fsp3) is 0.381. The first-order valence-electron chi connectivity index (χ1n) is 9.58. The number of amides is 2. The summed E-state index contributed by atoms with van der Waals surface area (Å²) >= 11 is 6.05. The average molecular weight is 464 g/mol. The molecule has 2 saturated heterocycles. The molecule has 4 atom stereocenters. The molecule has 3 aliphatic rings. The Labute approximate surface area is 187 Å². The number of ether oxygens (including phenoxy) is 4. The van der Waals surface area contributed by atoms with Crippen LogP contribution in [-0.2, 0) is 38.1 Å². The number of hydrogen-bond donors (Lipinski definition) is 0. The number of rotatable bonds is 5. The molecule has 3 aliphatic heterocycles. The van der Waals surface area contributed by atoms with Crippen LogP contribution in [0.4, 0.5) is 5.69 Å². The second-order valence-electron chi connectivity index (χ2n) is 7.52. The van der Waals surface area contributed by atoms with Gasteiger partial charge in [-0.05, 0) is 24.3 Å². The molecule has 1 aromatic rings. The molecule has 0 unspecified atom stereocenters. The molecule has 0 N–H and O–H groups in total. The largest absolute Gasteiger partial charge is 0.465 e. The van der Waals surface area contributed by atoms with Crippen molar-refractivity contribution in [1.29, 1.82) is 0 Å². The predicted octanol–water partition coefficient (Wildman–Crippen LogP) is 1.39. The monoisotopic (exact) mass is 463 g/mol. The summed E-state index contributed by atoms with van der Waals surface area (Å²) in [6.07, 6.45) is 0.687. The molecule has 1 aromatic carbocycles. The quantitative estimate of drug-likeness (QED) is 0.275. The van der Waals surface area contributed by atoms with E-state index >= 15 is 0 Å². The Kier molecular flexibility index (Phi) is 5.30. The first kappa shape index (κ1) is 22.0. The van der Waals surface area contributed by atoms with Crippen LogP contribution in [0, 0.1) is 11.8 Å². The molecule has 0 aromatic heterocycles. The molecule has 0 radical (unpaired) electrons. The third-order valence-corrected chi connectivity index (χ3v) is 5.94. The Morgan fingerprint density at radius 3 is 2.38 bits per heavy atom. The Balaban J connectivity index is 1.75. The van der Waals surface area contributed by atoms with Crippen LogP contribution >= 0.6 is 11.6 Å². The summed E-state index contributed by atoms with van der Waals surface area (Å²) < 4.78 is 20.9. The van der Waals surface area contributed by atoms with Crippen molar-refractivity contribution in [3.63, 3.8) is 0 Å². The van der Waals surface area contributed by atoms with Gasteiger partial charge in [0, 0.05) is 13.8 Å². The zero-order valence-corrected chi connectivity index (χ0v) is 18.0. The SMILES string of the molecule is COC(=O)c1cc(N2C(=O)[C@H]3[C@@H]4C=C[C@](C(OC(C)=O)OC(C)=O)(O4)[C@H]3C2=O)ccc1Cl. The molecule has 168 valence electrons. The zero-order chi connectivity index (χ0) is 23.4. The lowest BCUT2D eigenvalue weighted by molar-refractivity contribution is -0.226. The minimum Gasteiger partial charge on any atom is -0.465 e. The number of methoxy groups -OCH3 is 1. The van der Waals surface area contributed by atoms with Gasteiger partial charge in [-0.2, -0.15) is 0 Å². The molecular formula is C21H18ClNO9. The summed E-state index contributed by atoms with van der Waals surface area (Å²) in [4.78, 5) is 62.9. The van der Waals surface area contributed by atoms with Gasteiger partial charge in [0.2, 0.25) is 11.8 Å². The second kappa shape index (κ2) is 7.72. The van der Waals surface area contributed by atoms with Crippen LogP contribution in [0.5, 0.6) is 0 Å². The smallest absolute Gasteiger partial charge is 0.339 e. The van der Waals surface area contributed by atoms with Crippen molar-refractivity contribution in [2.45, 2.75) is 31.8 Å². The van der Waals surface area contributed by atoms with Gasteiger partial charge in [-0.25, -0.2) is 9.69 Å². The first-order valence-corrected chi connectivity index (χ1v) is 9.95. The van der Waals surface area contributed by atoms with Gasteiger partial charge in [0.25, 0.3) is 6.29 Å². The summed E-state index contributed by atoms with van der Waals surface area (Å²) in [6, 6.07) is 4.07. The van der Waals surface area contributed by atoms with Crippen LogP contribution in [0.3, 0.4) is 0 Å². The van der Waals surface area contributed by atoms with E-state index in [0.29, 0.717) is 0 Å². The van der Waals surface area contributed by atoms with Gasteiger partial charge in [0.1, 0.15) is 0 Å². The van der Waals surface area contributed by atoms with E-state index in [1.807, 2.05) is 0 Å². The third-order valence-electron chi connectivity index (χ3n) is 5.61. The molecule has 2 fully saturated rings. The number of fused-ring (bicyclic) bond motifs is 5. The van der Waals surface area contributed by atoms with Crippen molar-refractivity contribution in [3.05, 3.63) is 40.9 Å². The van der Waals surface area contributed by atoms with Gasteiger partial charge in [-0.15, -0.1) is 0 Å². The lowest BCUT2D eigenvalue weighted by Crippen LogP contribution is -2.52. The van der Waals surface area contributed by atoms with Crippen molar-refractivity contribution in [2.75, 3.05) is 12.0 Å². The molecular weight excluding hydrogens is 446 g/mol. The molecule has 0 saturated carbocycles. The number of benzene rings is 1. The molecule has 10 nitrogen and oxygen atoms in total. The van der Waals surface area contributed by atoms with Gasteiger partial charge < -0.3 is 18.9 Å². The minimum atomic E-state index is -1.66. The normalized spacial score (nSPS) is 27.7. The fourth-order valence-corrected chi connectivity index (χ4v) is 4.58. The van der Waals surface area contributed by atoms with Gasteiger partial charge >= 0.3 is 17.9 Å². The lowest BCUT2D eigenvalue weighted by atomic mass is 9.76. The number of anilines is 1. The van der Waals surface area contributed by atoms with Crippen LogP contribution in [0.2, 0.25) is 5.02 Å². The number of carbonyl (C=O) groups excluding carboxylic acids is 5. The van der Waals surface area contributed by atoms with Crippen LogP contribution in [-0.4, -0.2) is 54.8 Å². The summed E-state index contributed by atoms with van der Waals surface area (Å²) in [6.45, 7) is 2.23. The molecule has 32 heavy (non-hydrogen) atoms. The van der Waals surface area contributed by atoms with Crippen LogP contribution in [0.15, 0.2) is 30.4 Å². The standard InChI is InChI=1S/C21H18ClNO9/c1-9(24)30-20(31-10(2)25)21-7-6-14(32-21)15-16(21)18(27)23(17(15)26)11-4-5-13(22)12(8-11)19(28)29-3/h4-8,14-16,20H,1-3H3/t14-,15-,16+,21-/m0/s1. The number of imide groups is 1. The molecule has 0 spiro atoms. The molecule has 11 heteroatoms. The Morgan fingerprint density at radius 2 is 1.78 bits per heavy atom. The van der Waals surface area contributed by atoms with Crippen LogP contribution < -0.4 is 4.90 Å². The van der Waals surface area contributed by atoms with Crippen molar-refractivity contribution < 1.29 is 42.9 Å². The number of carbonyl (C=O) groups is 5. The highest BCUT2D eigenvalue weighted by molar-refractivity contribution is 6.34. The van der Waals surface area contributed by atoms with Crippen molar-refractivity contribution in [3.8, 4) is 0 Å². The van der Waals surface area contributed by atoms with Crippen molar-refractivity contribution in [1.82, 2.24) is 0 Å². The number of esters is 3. The molecule has 4 rings (SSSR count). The molecule has 2 amide bonds. The summed E-state index contributed by atoms with van der Waals surface area (Å²) in [5.41, 5.74) is -1.56. The van der Waals surface area contributed by atoms with Crippen molar-refractivity contribution >= 4 is 47.0 Å². The van der Waals surface area contributed by atoms with E-state index in [9.17, 15) is 24.0 Å². The summed E-state index contributed by atoms with van der Waals surface area (Å²) in [7, 11) is 1.18. The maximum absolute atomic E-state index is 13.5. The predicted molar refractivity (Wildman–Crippen MR) is 106 cm³/mol. The molecule has 0 aliphatic carbocycles. The summed E-state index contributed by atoms with van der Waals surface area (Å²) in [5.74, 6) is -5.54. The van der Waals surface area contributed by atoms with E-state index < -0.39 is 59.6 Å². The van der Waals surface area contributed by atoms with E-state index in [2.05, 4.69) is 4.74 Å². The lowest BCUT2D eigenvalue weighted by Gasteiger charge is -2.34. The minimum absolute atomic E-state index is 0.0194. The zero-order valence-electron chi connectivity index (χ0n) is 17.2.